The first-order chi connectivity index (χ1) is 12.3. The van der Waals surface area contributed by atoms with E-state index in [0.29, 0.717) is 18.5 Å². The Labute approximate surface area is 152 Å². The molecule has 5 heteroatoms. The molecule has 0 fully saturated rings. The second-order valence-electron chi connectivity index (χ2n) is 5.69. The van der Waals surface area contributed by atoms with Crippen LogP contribution in [0.4, 0.5) is 0 Å². The van der Waals surface area contributed by atoms with Gasteiger partial charge in [0.15, 0.2) is 0 Å². The van der Waals surface area contributed by atoms with Crippen LogP contribution in [0.2, 0.25) is 0 Å². The lowest BCUT2D eigenvalue weighted by Crippen LogP contribution is -2.26. The van der Waals surface area contributed by atoms with E-state index in [1.54, 1.807) is 18.0 Å². The van der Waals surface area contributed by atoms with Crippen molar-refractivity contribution in [2.75, 3.05) is 12.8 Å². The molecule has 3 rings (SSSR count). The molecule has 1 amide bonds. The number of carbonyl (C=O) groups excluding carboxylic acids is 1. The molecule has 0 saturated carbocycles. The predicted molar refractivity (Wildman–Crippen MR) is 102 cm³/mol. The van der Waals surface area contributed by atoms with Gasteiger partial charge in [-0.2, -0.15) is 0 Å². The maximum absolute atomic E-state index is 12.2. The molecule has 128 valence electrons. The van der Waals surface area contributed by atoms with Gasteiger partial charge in [0.05, 0.1) is 0 Å². The number of benzene rings is 2. The van der Waals surface area contributed by atoms with E-state index in [2.05, 4.69) is 27.0 Å². The van der Waals surface area contributed by atoms with Crippen molar-refractivity contribution < 1.29 is 4.79 Å². The van der Waals surface area contributed by atoms with Gasteiger partial charge in [-0.25, -0.2) is 4.98 Å². The summed E-state index contributed by atoms with van der Waals surface area (Å²) in [6, 6.07) is 17.9. The Kier molecular flexibility index (Phi) is 5.90. The molecule has 0 aliphatic rings. The van der Waals surface area contributed by atoms with Gasteiger partial charge >= 0.3 is 0 Å². The Balaban J connectivity index is 1.54. The van der Waals surface area contributed by atoms with Crippen LogP contribution in [0.15, 0.2) is 71.9 Å². The number of imidazole rings is 1. The van der Waals surface area contributed by atoms with Crippen LogP contribution in [0, 0.1) is 0 Å². The second kappa shape index (κ2) is 8.53. The summed E-state index contributed by atoms with van der Waals surface area (Å²) < 4.78 is 2.12. The first-order valence-electron chi connectivity index (χ1n) is 8.22. The monoisotopic (exact) mass is 351 g/mol. The second-order valence-corrected chi connectivity index (χ2v) is 6.57. The van der Waals surface area contributed by atoms with Crippen LogP contribution in [0.5, 0.6) is 0 Å². The Hall–Kier alpha value is -2.53. The molecule has 0 aliphatic carbocycles. The van der Waals surface area contributed by atoms with Crippen molar-refractivity contribution in [1.82, 2.24) is 14.9 Å². The highest BCUT2D eigenvalue weighted by Gasteiger charge is 2.07. The molecule has 0 atom stereocenters. The number of hydrogen-bond donors (Lipinski definition) is 1. The average Bonchev–Trinajstić information content (AvgIpc) is 3.09. The minimum atomic E-state index is -0.0474. The van der Waals surface area contributed by atoms with Gasteiger partial charge in [0, 0.05) is 42.4 Å². The molecule has 0 bridgehead atoms. The summed E-state index contributed by atoms with van der Waals surface area (Å²) in [7, 11) is 0. The minimum absolute atomic E-state index is 0.0474. The molecule has 0 spiro atoms. The fourth-order valence-electron chi connectivity index (χ4n) is 2.62. The van der Waals surface area contributed by atoms with Crippen molar-refractivity contribution in [1.29, 1.82) is 0 Å². The van der Waals surface area contributed by atoms with Crippen molar-refractivity contribution in [3.63, 3.8) is 0 Å². The van der Waals surface area contributed by atoms with Gasteiger partial charge in [-0.1, -0.05) is 30.3 Å². The largest absolute Gasteiger partial charge is 0.352 e. The third-order valence-electron chi connectivity index (χ3n) is 3.98. The van der Waals surface area contributed by atoms with Crippen molar-refractivity contribution in [2.45, 2.75) is 17.9 Å². The van der Waals surface area contributed by atoms with Crippen LogP contribution in [-0.2, 0) is 13.0 Å². The molecule has 2 aromatic carbocycles. The van der Waals surface area contributed by atoms with Gasteiger partial charge in [-0.05, 0) is 36.1 Å². The number of thioether (sulfide) groups is 1. The molecule has 4 nitrogen and oxygen atoms in total. The van der Waals surface area contributed by atoms with E-state index in [1.807, 2.05) is 54.9 Å². The van der Waals surface area contributed by atoms with Crippen molar-refractivity contribution in [2.24, 2.45) is 0 Å². The minimum Gasteiger partial charge on any atom is -0.352 e. The van der Waals surface area contributed by atoms with Crippen molar-refractivity contribution >= 4 is 17.7 Å². The number of carbonyl (C=O) groups is 1. The zero-order valence-electron chi connectivity index (χ0n) is 14.2. The number of aromatic nitrogens is 2. The topological polar surface area (TPSA) is 46.9 Å². The normalized spacial score (nSPS) is 10.6. The maximum atomic E-state index is 12.2. The average molecular weight is 351 g/mol. The van der Waals surface area contributed by atoms with Gasteiger partial charge in [0.1, 0.15) is 5.82 Å². The molecule has 25 heavy (non-hydrogen) atoms. The maximum Gasteiger partial charge on any atom is 0.251 e. The molecule has 0 unspecified atom stereocenters. The van der Waals surface area contributed by atoms with Crippen molar-refractivity contribution in [3.8, 4) is 0 Å². The number of amides is 1. The molecule has 3 aromatic rings. The lowest BCUT2D eigenvalue weighted by atomic mass is 10.2. The van der Waals surface area contributed by atoms with Gasteiger partial charge < -0.3 is 9.88 Å². The van der Waals surface area contributed by atoms with E-state index >= 15 is 0 Å². The zero-order chi connectivity index (χ0) is 17.5. The highest BCUT2D eigenvalue weighted by Crippen LogP contribution is 2.14. The number of rotatable bonds is 7. The molecule has 0 aliphatic heterocycles. The summed E-state index contributed by atoms with van der Waals surface area (Å²) >= 11 is 1.66. The van der Waals surface area contributed by atoms with E-state index in [1.165, 1.54) is 5.56 Å². The Bertz CT molecular complexity index is 812. The smallest absolute Gasteiger partial charge is 0.251 e. The third-order valence-corrected chi connectivity index (χ3v) is 4.73. The van der Waals surface area contributed by atoms with Crippen LogP contribution in [0.1, 0.15) is 21.7 Å². The van der Waals surface area contributed by atoms with E-state index in [0.717, 1.165) is 17.3 Å². The van der Waals surface area contributed by atoms with E-state index in [-0.39, 0.29) is 5.91 Å². The summed E-state index contributed by atoms with van der Waals surface area (Å²) in [5, 5.41) is 2.97. The molecule has 0 radical (unpaired) electrons. The Morgan fingerprint density at radius 2 is 1.88 bits per heavy atom. The highest BCUT2D eigenvalue weighted by molar-refractivity contribution is 7.98. The number of hydrogen-bond acceptors (Lipinski definition) is 3. The first-order valence-corrected chi connectivity index (χ1v) is 9.45. The molecule has 1 N–H and O–H groups in total. The van der Waals surface area contributed by atoms with E-state index in [9.17, 15) is 4.79 Å². The fourth-order valence-corrected chi connectivity index (χ4v) is 3.03. The van der Waals surface area contributed by atoms with E-state index < -0.39 is 0 Å². The Morgan fingerprint density at radius 1 is 1.12 bits per heavy atom. The summed E-state index contributed by atoms with van der Waals surface area (Å²) in [6.07, 6.45) is 6.51. The molecule has 1 aromatic heterocycles. The molecular weight excluding hydrogens is 330 g/mol. The fraction of sp³-hybridized carbons (Fsp3) is 0.200. The highest BCUT2D eigenvalue weighted by atomic mass is 32.2. The van der Waals surface area contributed by atoms with Gasteiger partial charge in [0.2, 0.25) is 0 Å². The summed E-state index contributed by atoms with van der Waals surface area (Å²) in [6.45, 7) is 1.36. The molecule has 1 heterocycles. The van der Waals surface area contributed by atoms with Gasteiger partial charge in [-0.3, -0.25) is 4.79 Å². The molecule has 0 saturated heterocycles. The summed E-state index contributed by atoms with van der Waals surface area (Å²) in [5.41, 5.74) is 1.92. The number of nitrogens with one attached hydrogen (secondary N) is 1. The predicted octanol–water partition coefficient (Wildman–Crippen LogP) is 3.63. The third kappa shape index (κ3) is 4.73. The lowest BCUT2D eigenvalue weighted by molar-refractivity contribution is 0.0954. The van der Waals surface area contributed by atoms with Gasteiger partial charge in [0.25, 0.3) is 5.91 Å². The van der Waals surface area contributed by atoms with E-state index in [4.69, 9.17) is 0 Å². The van der Waals surface area contributed by atoms with Crippen LogP contribution in [0.3, 0.4) is 0 Å². The quantitative estimate of drug-likeness (QED) is 0.661. The standard InChI is InChI=1S/C20H21N3OS/c1-25-18-9-7-17(8-10-18)20(24)22-12-11-19-21-13-14-23(19)15-16-5-3-2-4-6-16/h2-10,13-14H,11-12,15H2,1H3,(H,22,24). The van der Waals surface area contributed by atoms with Crippen LogP contribution < -0.4 is 5.32 Å². The molecular formula is C20H21N3OS. The first kappa shape index (κ1) is 17.3. The summed E-state index contributed by atoms with van der Waals surface area (Å²) in [5.74, 6) is 0.927. The number of nitrogens with zero attached hydrogens (tertiary/aromatic N) is 2. The van der Waals surface area contributed by atoms with Crippen LogP contribution >= 0.6 is 11.8 Å². The zero-order valence-corrected chi connectivity index (χ0v) is 15.0. The SMILES string of the molecule is CSc1ccc(C(=O)NCCc2nccn2Cc2ccccc2)cc1. The van der Waals surface area contributed by atoms with Crippen LogP contribution in [-0.4, -0.2) is 28.3 Å². The summed E-state index contributed by atoms with van der Waals surface area (Å²) in [4.78, 5) is 17.8. The van der Waals surface area contributed by atoms with Crippen LogP contribution in [0.25, 0.3) is 0 Å². The Morgan fingerprint density at radius 3 is 2.60 bits per heavy atom. The van der Waals surface area contributed by atoms with Gasteiger partial charge in [-0.15, -0.1) is 11.8 Å². The van der Waals surface area contributed by atoms with Crippen molar-refractivity contribution in [3.05, 3.63) is 83.9 Å². The lowest BCUT2D eigenvalue weighted by Gasteiger charge is -2.09.